The van der Waals surface area contributed by atoms with Crippen molar-refractivity contribution in [3.63, 3.8) is 0 Å². The van der Waals surface area contributed by atoms with Crippen LogP contribution in [0.4, 0.5) is 0 Å². The molecule has 0 bridgehead atoms. The van der Waals surface area contributed by atoms with Gasteiger partial charge < -0.3 is 10.2 Å². The molecule has 1 aromatic heterocycles. The van der Waals surface area contributed by atoms with E-state index in [2.05, 4.69) is 0 Å². The Morgan fingerprint density at radius 1 is 0.621 bits per heavy atom. The van der Waals surface area contributed by atoms with Crippen molar-refractivity contribution in [3.8, 4) is 0 Å². The van der Waals surface area contributed by atoms with Crippen molar-refractivity contribution in [2.24, 2.45) is 0 Å². The van der Waals surface area contributed by atoms with E-state index in [1.54, 1.807) is 30.4 Å². The highest BCUT2D eigenvalue weighted by atomic mass is 32.2. The quantitative estimate of drug-likeness (QED) is 0.342. The summed E-state index contributed by atoms with van der Waals surface area (Å²) in [6, 6.07) is 0. The molecule has 0 aliphatic heterocycles. The van der Waals surface area contributed by atoms with E-state index in [0.29, 0.717) is 25.9 Å². The van der Waals surface area contributed by atoms with E-state index in [4.69, 9.17) is 10.2 Å². The fourth-order valence-corrected chi connectivity index (χ4v) is 4.71. The van der Waals surface area contributed by atoms with Gasteiger partial charge in [-0.05, 0) is 68.5 Å². The molecule has 0 saturated heterocycles. The predicted octanol–water partition coefficient (Wildman–Crippen LogP) is 0.983. The number of rotatable bonds is 17. The number of hydrogen-bond donors (Lipinski definition) is 2. The molecule has 168 valence electrons. The molecule has 0 unspecified atom stereocenters. The van der Waals surface area contributed by atoms with Gasteiger partial charge in [0.05, 0.1) is 0 Å². The minimum atomic E-state index is -0.526. The second-order valence-electron chi connectivity index (χ2n) is 6.69. The Hall–Kier alpha value is -0.970. The summed E-state index contributed by atoms with van der Waals surface area (Å²) in [7, 11) is 0. The zero-order valence-corrected chi connectivity index (χ0v) is 19.0. The zero-order valence-electron chi connectivity index (χ0n) is 17.4. The predicted molar refractivity (Wildman–Crippen MR) is 121 cm³/mol. The highest BCUT2D eigenvalue weighted by molar-refractivity contribution is 7.99. The van der Waals surface area contributed by atoms with E-state index in [-0.39, 0.29) is 19.8 Å². The maximum atomic E-state index is 12.7. The van der Waals surface area contributed by atoms with Crippen LogP contribution in [0.15, 0.2) is 14.4 Å². The first-order valence-corrected chi connectivity index (χ1v) is 12.7. The molecule has 0 aliphatic carbocycles. The minimum absolute atomic E-state index is 0.204. The summed E-state index contributed by atoms with van der Waals surface area (Å²) in [4.78, 5) is 37.8. The van der Waals surface area contributed by atoms with Gasteiger partial charge in [0, 0.05) is 32.8 Å². The van der Waals surface area contributed by atoms with Gasteiger partial charge in [-0.1, -0.05) is 0 Å². The monoisotopic (exact) mass is 449 g/mol. The number of thioether (sulfide) groups is 2. The van der Waals surface area contributed by atoms with Crippen LogP contribution in [-0.4, -0.2) is 60.1 Å². The Kier molecular flexibility index (Phi) is 14.2. The molecule has 0 fully saturated rings. The Labute approximate surface area is 180 Å². The summed E-state index contributed by atoms with van der Waals surface area (Å²) in [5, 5.41) is 17.6. The lowest BCUT2D eigenvalue weighted by Crippen LogP contribution is -2.54. The third-order valence-electron chi connectivity index (χ3n) is 4.44. The molecule has 10 heteroatoms. The van der Waals surface area contributed by atoms with Crippen molar-refractivity contribution >= 4 is 23.5 Å². The lowest BCUT2D eigenvalue weighted by Gasteiger charge is -2.13. The van der Waals surface area contributed by atoms with Crippen LogP contribution in [0, 0.1) is 0 Å². The highest BCUT2D eigenvalue weighted by Gasteiger charge is 2.14. The van der Waals surface area contributed by atoms with Crippen molar-refractivity contribution < 1.29 is 10.2 Å². The molecule has 1 rings (SSSR count). The molecular formula is C19H35N3O5S2. The van der Waals surface area contributed by atoms with Crippen LogP contribution in [0.1, 0.15) is 45.4 Å². The van der Waals surface area contributed by atoms with Crippen molar-refractivity contribution in [2.45, 2.75) is 65.1 Å². The van der Waals surface area contributed by atoms with Gasteiger partial charge in [0.2, 0.25) is 0 Å². The molecule has 0 amide bonds. The Balaban J connectivity index is 2.69. The molecule has 2 N–H and O–H groups in total. The normalized spacial score (nSPS) is 11.3. The average molecular weight is 450 g/mol. The third-order valence-corrected chi connectivity index (χ3v) is 6.75. The lowest BCUT2D eigenvalue weighted by molar-refractivity contribution is 0.287. The summed E-state index contributed by atoms with van der Waals surface area (Å²) in [6.07, 6.45) is 4.85. The van der Waals surface area contributed by atoms with Crippen LogP contribution in [0.25, 0.3) is 0 Å². The van der Waals surface area contributed by atoms with Crippen LogP contribution in [-0.2, 0) is 19.6 Å². The topological polar surface area (TPSA) is 106 Å². The molecule has 0 aromatic carbocycles. The first-order valence-electron chi connectivity index (χ1n) is 10.4. The van der Waals surface area contributed by atoms with E-state index in [1.807, 2.05) is 0 Å². The summed E-state index contributed by atoms with van der Waals surface area (Å²) >= 11 is 3.49. The van der Waals surface area contributed by atoms with Gasteiger partial charge in [-0.25, -0.2) is 28.1 Å². The summed E-state index contributed by atoms with van der Waals surface area (Å²) in [5.41, 5.74) is -1.56. The molecule has 0 radical (unpaired) electrons. The maximum absolute atomic E-state index is 12.7. The van der Waals surface area contributed by atoms with Gasteiger partial charge in [0.15, 0.2) is 0 Å². The standard InChI is InChI=1S/C19H35N3O5S2/c1-2-20-17(25)21(9-7-15-28-13-5-3-11-23)19(27)22(18(20)26)10-8-16-29-14-6-4-12-24/h23-24H,2-16H2,1H3. The molecule has 0 spiro atoms. The second-order valence-corrected chi connectivity index (χ2v) is 9.14. The van der Waals surface area contributed by atoms with Gasteiger partial charge in [-0.3, -0.25) is 0 Å². The molecule has 8 nitrogen and oxygen atoms in total. The average Bonchev–Trinajstić information content (AvgIpc) is 2.71. The van der Waals surface area contributed by atoms with Gasteiger partial charge in [0.25, 0.3) is 0 Å². The van der Waals surface area contributed by atoms with E-state index in [0.717, 1.165) is 53.3 Å². The van der Waals surface area contributed by atoms with Crippen LogP contribution in [0.3, 0.4) is 0 Å². The van der Waals surface area contributed by atoms with Crippen LogP contribution in [0.5, 0.6) is 0 Å². The fourth-order valence-electron chi connectivity index (χ4n) is 2.82. The Morgan fingerprint density at radius 2 is 1.00 bits per heavy atom. The van der Waals surface area contributed by atoms with Gasteiger partial charge >= 0.3 is 17.1 Å². The second kappa shape index (κ2) is 15.8. The maximum Gasteiger partial charge on any atom is 0.336 e. The lowest BCUT2D eigenvalue weighted by atomic mass is 10.4. The van der Waals surface area contributed by atoms with Crippen molar-refractivity contribution in [1.29, 1.82) is 0 Å². The zero-order chi connectivity index (χ0) is 21.5. The number of aliphatic hydroxyl groups excluding tert-OH is 2. The number of aromatic nitrogens is 3. The molecule has 29 heavy (non-hydrogen) atoms. The van der Waals surface area contributed by atoms with Crippen LogP contribution >= 0.6 is 23.5 Å². The van der Waals surface area contributed by atoms with Gasteiger partial charge in [-0.2, -0.15) is 23.5 Å². The highest BCUT2D eigenvalue weighted by Crippen LogP contribution is 2.07. The Morgan fingerprint density at radius 3 is 1.38 bits per heavy atom. The first-order chi connectivity index (χ1) is 14.1. The SMILES string of the molecule is CCn1c(=O)n(CCCSCCCCO)c(=O)n(CCCSCCCCO)c1=O. The number of nitrogens with zero attached hydrogens (tertiary/aromatic N) is 3. The minimum Gasteiger partial charge on any atom is -0.396 e. The largest absolute Gasteiger partial charge is 0.396 e. The number of unbranched alkanes of at least 4 members (excludes halogenated alkanes) is 2. The summed E-state index contributed by atoms with van der Waals surface area (Å²) in [6.45, 7) is 2.99. The van der Waals surface area contributed by atoms with Gasteiger partial charge in [-0.15, -0.1) is 0 Å². The Bertz CT molecular complexity index is 689. The van der Waals surface area contributed by atoms with Crippen LogP contribution in [0.2, 0.25) is 0 Å². The molecule has 0 atom stereocenters. The fraction of sp³-hybridized carbons (Fsp3) is 0.842. The molecule has 1 aromatic rings. The van der Waals surface area contributed by atoms with Crippen molar-refractivity contribution in [3.05, 3.63) is 31.5 Å². The van der Waals surface area contributed by atoms with E-state index >= 15 is 0 Å². The van der Waals surface area contributed by atoms with Crippen LogP contribution < -0.4 is 17.1 Å². The van der Waals surface area contributed by atoms with E-state index < -0.39 is 17.1 Å². The smallest absolute Gasteiger partial charge is 0.336 e. The summed E-state index contributed by atoms with van der Waals surface area (Å²) in [5.74, 6) is 3.55. The van der Waals surface area contributed by atoms with Crippen molar-refractivity contribution in [1.82, 2.24) is 13.7 Å². The van der Waals surface area contributed by atoms with Gasteiger partial charge in [0.1, 0.15) is 0 Å². The number of hydrogen-bond acceptors (Lipinski definition) is 7. The summed E-state index contributed by atoms with van der Waals surface area (Å²) < 4.78 is 3.51. The third kappa shape index (κ3) is 9.15. The molecule has 0 saturated carbocycles. The van der Waals surface area contributed by atoms with E-state index in [1.165, 1.54) is 9.13 Å². The first kappa shape index (κ1) is 26.1. The molecule has 0 aliphatic rings. The van der Waals surface area contributed by atoms with E-state index in [9.17, 15) is 14.4 Å². The molecule has 1 heterocycles. The molecular weight excluding hydrogens is 414 g/mol. The number of aliphatic hydroxyl groups is 2. The van der Waals surface area contributed by atoms with Crippen molar-refractivity contribution in [2.75, 3.05) is 36.2 Å².